The number of benzene rings is 2. The van der Waals surface area contributed by atoms with E-state index < -0.39 is 29.6 Å². The zero-order chi connectivity index (χ0) is 19.7. The number of hydrogen-bond acceptors (Lipinski definition) is 5. The number of rotatable bonds is 5. The molecular formula is C21H22N2O4. The fourth-order valence-electron chi connectivity index (χ4n) is 3.34. The predicted molar refractivity (Wildman–Crippen MR) is 102 cm³/mol. The first kappa shape index (κ1) is 18.8. The minimum Gasteiger partial charge on any atom is -0.427 e. The summed E-state index contributed by atoms with van der Waals surface area (Å²) < 4.78 is 5.84. The standard InChI is InChI=1S/C21H22N2O4/c1-20(2,3)18-19(24)27-21(22-18,16-12-8-5-9-13-16)17(14-23(25)26)15-10-6-4-7-11-15/h4-13,17H,14H2,1-3H3. The van der Waals surface area contributed by atoms with Crippen molar-refractivity contribution in [1.29, 1.82) is 0 Å². The molecule has 0 N–H and O–H groups in total. The van der Waals surface area contributed by atoms with Crippen molar-refractivity contribution in [3.05, 3.63) is 81.9 Å². The molecule has 6 heteroatoms. The SMILES string of the molecule is CC(C)(C)C1=NC(c2ccccc2)(C(C[N+](=O)[O-])c2ccccc2)OC1=O. The highest BCUT2D eigenvalue weighted by Gasteiger charge is 2.54. The second kappa shape index (κ2) is 6.95. The third-order valence-electron chi connectivity index (χ3n) is 4.62. The molecule has 0 radical (unpaired) electrons. The maximum absolute atomic E-state index is 12.7. The minimum absolute atomic E-state index is 0.288. The van der Waals surface area contributed by atoms with E-state index in [4.69, 9.17) is 9.73 Å². The summed E-state index contributed by atoms with van der Waals surface area (Å²) in [5, 5.41) is 11.5. The molecule has 140 valence electrons. The zero-order valence-corrected chi connectivity index (χ0v) is 15.6. The summed E-state index contributed by atoms with van der Waals surface area (Å²) in [6.07, 6.45) is 0. The van der Waals surface area contributed by atoms with Crippen LogP contribution >= 0.6 is 0 Å². The third kappa shape index (κ3) is 3.60. The molecule has 1 aliphatic heterocycles. The van der Waals surface area contributed by atoms with Gasteiger partial charge in [-0.2, -0.15) is 0 Å². The van der Waals surface area contributed by atoms with E-state index in [2.05, 4.69) is 0 Å². The summed E-state index contributed by atoms with van der Waals surface area (Å²) in [4.78, 5) is 28.5. The lowest BCUT2D eigenvalue weighted by atomic mass is 9.83. The first-order chi connectivity index (χ1) is 12.7. The van der Waals surface area contributed by atoms with Crippen molar-refractivity contribution in [2.45, 2.75) is 32.4 Å². The van der Waals surface area contributed by atoms with E-state index in [1.165, 1.54) is 0 Å². The third-order valence-corrected chi connectivity index (χ3v) is 4.62. The summed E-state index contributed by atoms with van der Waals surface area (Å²) in [6.45, 7) is 5.21. The number of esters is 1. The van der Waals surface area contributed by atoms with Gasteiger partial charge in [0.05, 0.1) is 0 Å². The summed E-state index contributed by atoms with van der Waals surface area (Å²) in [5.74, 6) is -1.28. The molecule has 0 spiro atoms. The van der Waals surface area contributed by atoms with Crippen LogP contribution < -0.4 is 0 Å². The van der Waals surface area contributed by atoms with Crippen molar-refractivity contribution in [2.24, 2.45) is 10.4 Å². The Bertz CT molecular complexity index is 872. The van der Waals surface area contributed by atoms with E-state index in [0.29, 0.717) is 11.1 Å². The van der Waals surface area contributed by atoms with Gasteiger partial charge in [-0.25, -0.2) is 9.79 Å². The number of nitro groups is 1. The zero-order valence-electron chi connectivity index (χ0n) is 15.6. The monoisotopic (exact) mass is 366 g/mol. The normalized spacial score (nSPS) is 20.7. The molecule has 2 aromatic carbocycles. The van der Waals surface area contributed by atoms with E-state index >= 15 is 0 Å². The molecule has 2 aromatic rings. The van der Waals surface area contributed by atoms with E-state index in [1.54, 1.807) is 24.3 Å². The molecule has 3 rings (SSSR count). The number of hydrogen-bond donors (Lipinski definition) is 0. The van der Waals surface area contributed by atoms with Gasteiger partial charge in [0.15, 0.2) is 0 Å². The van der Waals surface area contributed by atoms with Crippen molar-refractivity contribution < 1.29 is 14.5 Å². The lowest BCUT2D eigenvalue weighted by molar-refractivity contribution is -0.487. The van der Waals surface area contributed by atoms with Crippen LogP contribution in [0, 0.1) is 15.5 Å². The number of nitrogens with zero attached hydrogens (tertiary/aromatic N) is 2. The molecule has 0 saturated heterocycles. The van der Waals surface area contributed by atoms with Gasteiger partial charge in [0.2, 0.25) is 12.3 Å². The quantitative estimate of drug-likeness (QED) is 0.456. The van der Waals surface area contributed by atoms with Crippen molar-refractivity contribution in [1.82, 2.24) is 0 Å². The molecule has 2 unspecified atom stereocenters. The molecular weight excluding hydrogens is 344 g/mol. The molecule has 0 saturated carbocycles. The smallest absolute Gasteiger partial charge is 0.355 e. The summed E-state index contributed by atoms with van der Waals surface area (Å²) in [6, 6.07) is 18.1. The second-order valence-electron chi connectivity index (χ2n) is 7.64. The Morgan fingerprint density at radius 1 is 1.07 bits per heavy atom. The average molecular weight is 366 g/mol. The first-order valence-corrected chi connectivity index (χ1v) is 8.80. The number of cyclic esters (lactones) is 1. The molecule has 27 heavy (non-hydrogen) atoms. The highest BCUT2D eigenvalue weighted by Crippen LogP contribution is 2.46. The molecule has 0 amide bonds. The fraction of sp³-hybridized carbons (Fsp3) is 0.333. The number of carbonyl (C=O) groups excluding carboxylic acids is 1. The highest BCUT2D eigenvalue weighted by atomic mass is 16.6. The Hall–Kier alpha value is -3.02. The summed E-state index contributed by atoms with van der Waals surface area (Å²) in [7, 11) is 0. The number of aliphatic imine (C=N–C) groups is 1. The average Bonchev–Trinajstić information content (AvgIpc) is 3.00. The number of carbonyl (C=O) groups is 1. The van der Waals surface area contributed by atoms with Gasteiger partial charge in [-0.15, -0.1) is 0 Å². The van der Waals surface area contributed by atoms with Crippen LogP contribution in [0.3, 0.4) is 0 Å². The van der Waals surface area contributed by atoms with Crippen molar-refractivity contribution in [3.63, 3.8) is 0 Å². The van der Waals surface area contributed by atoms with Crippen LogP contribution in [0.15, 0.2) is 65.7 Å². The maximum atomic E-state index is 12.7. The summed E-state index contributed by atoms with van der Waals surface area (Å²) >= 11 is 0. The van der Waals surface area contributed by atoms with Gasteiger partial charge >= 0.3 is 5.97 Å². The largest absolute Gasteiger partial charge is 0.427 e. The predicted octanol–water partition coefficient (Wildman–Crippen LogP) is 3.94. The molecule has 1 heterocycles. The lowest BCUT2D eigenvalue weighted by Crippen LogP contribution is -2.37. The van der Waals surface area contributed by atoms with Crippen molar-refractivity contribution in [3.8, 4) is 0 Å². The lowest BCUT2D eigenvalue weighted by Gasteiger charge is -2.32. The van der Waals surface area contributed by atoms with Crippen LogP contribution in [0.1, 0.15) is 37.8 Å². The van der Waals surface area contributed by atoms with Gasteiger partial charge in [0.25, 0.3) is 0 Å². The van der Waals surface area contributed by atoms with Crippen LogP contribution in [0.5, 0.6) is 0 Å². The van der Waals surface area contributed by atoms with Crippen LogP contribution in [-0.2, 0) is 15.3 Å². The molecule has 0 aromatic heterocycles. The minimum atomic E-state index is -1.46. The van der Waals surface area contributed by atoms with E-state index in [0.717, 1.165) is 0 Å². The van der Waals surface area contributed by atoms with Gasteiger partial charge in [-0.05, 0) is 5.56 Å². The molecule has 0 aliphatic carbocycles. The Morgan fingerprint density at radius 2 is 1.63 bits per heavy atom. The van der Waals surface area contributed by atoms with E-state index in [9.17, 15) is 14.9 Å². The Kier molecular flexibility index (Phi) is 4.83. The van der Waals surface area contributed by atoms with E-state index in [-0.39, 0.29) is 10.6 Å². The van der Waals surface area contributed by atoms with Crippen LogP contribution in [0.25, 0.3) is 0 Å². The van der Waals surface area contributed by atoms with Crippen molar-refractivity contribution >= 4 is 11.7 Å². The fourth-order valence-corrected chi connectivity index (χ4v) is 3.34. The second-order valence-corrected chi connectivity index (χ2v) is 7.64. The van der Waals surface area contributed by atoms with Crippen LogP contribution in [0.2, 0.25) is 0 Å². The Morgan fingerprint density at radius 3 is 2.11 bits per heavy atom. The number of ether oxygens (including phenoxy) is 1. The van der Waals surface area contributed by atoms with Crippen molar-refractivity contribution in [2.75, 3.05) is 6.54 Å². The molecule has 1 aliphatic rings. The van der Waals surface area contributed by atoms with Crippen LogP contribution in [-0.4, -0.2) is 23.1 Å². The van der Waals surface area contributed by atoms with Gasteiger partial charge in [-0.3, -0.25) is 10.1 Å². The van der Waals surface area contributed by atoms with Gasteiger partial charge in [-0.1, -0.05) is 81.4 Å². The van der Waals surface area contributed by atoms with Gasteiger partial charge in [0, 0.05) is 15.9 Å². The first-order valence-electron chi connectivity index (χ1n) is 8.80. The van der Waals surface area contributed by atoms with E-state index in [1.807, 2.05) is 57.2 Å². The van der Waals surface area contributed by atoms with Gasteiger partial charge < -0.3 is 4.74 Å². The Balaban J connectivity index is 2.25. The molecule has 0 fully saturated rings. The molecule has 2 atom stereocenters. The van der Waals surface area contributed by atoms with Gasteiger partial charge in [0.1, 0.15) is 11.6 Å². The molecule has 6 nitrogen and oxygen atoms in total. The maximum Gasteiger partial charge on any atom is 0.355 e. The Labute approximate surface area is 158 Å². The molecule has 0 bridgehead atoms. The van der Waals surface area contributed by atoms with Crippen LogP contribution in [0.4, 0.5) is 0 Å². The highest BCUT2D eigenvalue weighted by molar-refractivity contribution is 6.39. The summed E-state index contributed by atoms with van der Waals surface area (Å²) in [5.41, 5.74) is -0.396. The topological polar surface area (TPSA) is 81.8 Å².